The molecular formula is C13H21N5O2. The highest BCUT2D eigenvalue weighted by Gasteiger charge is 2.28. The minimum atomic E-state index is -0.0928. The number of carbonyl (C=O) groups is 2. The fourth-order valence-corrected chi connectivity index (χ4v) is 1.96. The van der Waals surface area contributed by atoms with Crippen LogP contribution in [0.3, 0.4) is 0 Å². The molecule has 0 saturated carbocycles. The van der Waals surface area contributed by atoms with Gasteiger partial charge in [-0.05, 0) is 20.8 Å². The summed E-state index contributed by atoms with van der Waals surface area (Å²) < 4.78 is 1.67. The third-order valence-corrected chi connectivity index (χ3v) is 3.09. The summed E-state index contributed by atoms with van der Waals surface area (Å²) >= 11 is 0. The lowest BCUT2D eigenvalue weighted by molar-refractivity contribution is -0.138. The highest BCUT2D eigenvalue weighted by molar-refractivity contribution is 6.01. The van der Waals surface area contributed by atoms with Crippen LogP contribution in [0, 0.1) is 0 Å². The summed E-state index contributed by atoms with van der Waals surface area (Å²) in [6.45, 7) is 7.75. The highest BCUT2D eigenvalue weighted by Crippen LogP contribution is 2.11. The Morgan fingerprint density at radius 3 is 2.45 bits per heavy atom. The molecule has 1 aliphatic rings. The first-order chi connectivity index (χ1) is 9.35. The van der Waals surface area contributed by atoms with E-state index in [9.17, 15) is 9.59 Å². The van der Waals surface area contributed by atoms with Crippen LogP contribution in [0.2, 0.25) is 0 Å². The van der Waals surface area contributed by atoms with Gasteiger partial charge in [-0.2, -0.15) is 0 Å². The molecule has 0 spiro atoms. The molecule has 1 aromatic heterocycles. The lowest BCUT2D eigenvalue weighted by atomic mass is 10.1. The van der Waals surface area contributed by atoms with Crippen LogP contribution in [0.1, 0.15) is 39.3 Å². The molecule has 7 heteroatoms. The van der Waals surface area contributed by atoms with Gasteiger partial charge in [-0.25, -0.2) is 0 Å². The Morgan fingerprint density at radius 1 is 1.20 bits per heavy atom. The summed E-state index contributed by atoms with van der Waals surface area (Å²) in [5.41, 5.74) is 0.872. The lowest BCUT2D eigenvalue weighted by Gasteiger charge is -2.19. The molecule has 0 unspecified atom stereocenters. The van der Waals surface area contributed by atoms with Crippen molar-refractivity contribution in [3.8, 4) is 0 Å². The van der Waals surface area contributed by atoms with Crippen molar-refractivity contribution in [1.29, 1.82) is 0 Å². The molecule has 7 nitrogen and oxygen atoms in total. The Balaban J connectivity index is 1.84. The maximum atomic E-state index is 11.5. The molecule has 2 heterocycles. The van der Waals surface area contributed by atoms with E-state index in [1.807, 2.05) is 6.20 Å². The van der Waals surface area contributed by atoms with Crippen LogP contribution >= 0.6 is 0 Å². The number of aromatic nitrogens is 3. The fourth-order valence-electron chi connectivity index (χ4n) is 1.96. The Morgan fingerprint density at radius 2 is 1.85 bits per heavy atom. The second-order valence-electron chi connectivity index (χ2n) is 6.02. The molecular weight excluding hydrogens is 258 g/mol. The summed E-state index contributed by atoms with van der Waals surface area (Å²) in [6, 6.07) is 0. The van der Waals surface area contributed by atoms with Gasteiger partial charge in [0.2, 0.25) is 11.8 Å². The molecule has 1 fully saturated rings. The first-order valence-electron chi connectivity index (χ1n) is 6.82. The van der Waals surface area contributed by atoms with Crippen molar-refractivity contribution in [3.05, 3.63) is 11.9 Å². The molecule has 0 radical (unpaired) electrons. The molecule has 0 bridgehead atoms. The van der Waals surface area contributed by atoms with Gasteiger partial charge in [0.05, 0.1) is 12.2 Å². The van der Waals surface area contributed by atoms with E-state index in [-0.39, 0.29) is 17.4 Å². The topological polar surface area (TPSA) is 80.1 Å². The maximum Gasteiger partial charge on any atom is 0.229 e. The predicted molar refractivity (Wildman–Crippen MR) is 72.6 cm³/mol. The second kappa shape index (κ2) is 5.70. The molecule has 110 valence electrons. The number of imide groups is 1. The average molecular weight is 279 g/mol. The normalized spacial score (nSPS) is 16.2. The smallest absolute Gasteiger partial charge is 0.229 e. The fraction of sp³-hybridized carbons (Fsp3) is 0.692. The molecule has 1 aromatic rings. The van der Waals surface area contributed by atoms with E-state index < -0.39 is 0 Å². The predicted octanol–water partition coefficient (Wildman–Crippen LogP) is 0.315. The molecule has 0 aromatic carbocycles. The zero-order valence-electron chi connectivity index (χ0n) is 12.2. The monoisotopic (exact) mass is 279 g/mol. The van der Waals surface area contributed by atoms with Crippen LogP contribution in [0.25, 0.3) is 0 Å². The van der Waals surface area contributed by atoms with Crippen molar-refractivity contribution in [3.63, 3.8) is 0 Å². The van der Waals surface area contributed by atoms with Crippen molar-refractivity contribution in [2.75, 3.05) is 6.54 Å². The molecule has 2 amide bonds. The number of amides is 2. The first-order valence-corrected chi connectivity index (χ1v) is 6.82. The Hall–Kier alpha value is -1.76. The Kier molecular flexibility index (Phi) is 4.17. The average Bonchev–Trinajstić information content (AvgIpc) is 2.92. The van der Waals surface area contributed by atoms with Gasteiger partial charge in [0, 0.05) is 37.7 Å². The number of hydrogen-bond acceptors (Lipinski definition) is 5. The largest absolute Gasteiger partial charge is 0.306 e. The van der Waals surface area contributed by atoms with Crippen molar-refractivity contribution in [2.24, 2.45) is 0 Å². The van der Waals surface area contributed by atoms with Crippen LogP contribution in [0.4, 0.5) is 0 Å². The third kappa shape index (κ3) is 3.86. The molecule has 0 aliphatic carbocycles. The number of carbonyl (C=O) groups excluding carboxylic acids is 2. The molecule has 1 saturated heterocycles. The van der Waals surface area contributed by atoms with Crippen molar-refractivity contribution < 1.29 is 9.59 Å². The zero-order valence-corrected chi connectivity index (χ0v) is 12.2. The summed E-state index contributed by atoms with van der Waals surface area (Å²) in [6.07, 6.45) is 2.50. The van der Waals surface area contributed by atoms with Crippen LogP contribution in [-0.4, -0.2) is 43.8 Å². The van der Waals surface area contributed by atoms with Gasteiger partial charge < -0.3 is 5.32 Å². The minimum absolute atomic E-state index is 0.0260. The second-order valence-corrected chi connectivity index (χ2v) is 6.02. The first kappa shape index (κ1) is 14.6. The Bertz CT molecular complexity index is 487. The molecule has 1 aliphatic heterocycles. The van der Waals surface area contributed by atoms with Gasteiger partial charge in [-0.3, -0.25) is 19.2 Å². The van der Waals surface area contributed by atoms with Crippen LogP contribution in [0.5, 0.6) is 0 Å². The number of nitrogens with zero attached hydrogens (tertiary/aromatic N) is 4. The van der Waals surface area contributed by atoms with Crippen LogP contribution in [0.15, 0.2) is 6.20 Å². The quantitative estimate of drug-likeness (QED) is 0.785. The van der Waals surface area contributed by atoms with Crippen molar-refractivity contribution in [1.82, 2.24) is 25.2 Å². The van der Waals surface area contributed by atoms with Crippen LogP contribution < -0.4 is 5.32 Å². The molecule has 2 rings (SSSR count). The van der Waals surface area contributed by atoms with Crippen molar-refractivity contribution >= 4 is 11.8 Å². The van der Waals surface area contributed by atoms with Gasteiger partial charge in [0.1, 0.15) is 0 Å². The third-order valence-electron chi connectivity index (χ3n) is 3.09. The highest BCUT2D eigenvalue weighted by atomic mass is 16.2. The van der Waals surface area contributed by atoms with Crippen molar-refractivity contribution in [2.45, 2.75) is 52.2 Å². The van der Waals surface area contributed by atoms with Gasteiger partial charge >= 0.3 is 0 Å². The summed E-state index contributed by atoms with van der Waals surface area (Å²) in [4.78, 5) is 24.2. The number of hydrogen-bond donors (Lipinski definition) is 1. The van der Waals surface area contributed by atoms with E-state index >= 15 is 0 Å². The van der Waals surface area contributed by atoms with E-state index in [1.54, 1.807) is 4.68 Å². The summed E-state index contributed by atoms with van der Waals surface area (Å²) in [5, 5.41) is 11.4. The number of likely N-dealkylation sites (tertiary alicyclic amines) is 1. The van der Waals surface area contributed by atoms with Crippen LogP contribution in [-0.2, 0) is 22.7 Å². The lowest BCUT2D eigenvalue weighted by Crippen LogP contribution is -2.35. The number of nitrogens with one attached hydrogen (secondary N) is 1. The maximum absolute atomic E-state index is 11.5. The van der Waals surface area contributed by atoms with Gasteiger partial charge in [0.25, 0.3) is 0 Å². The Labute approximate surface area is 118 Å². The molecule has 1 N–H and O–H groups in total. The zero-order chi connectivity index (χ0) is 14.8. The number of rotatable bonds is 5. The van der Waals surface area contributed by atoms with Gasteiger partial charge in [0.15, 0.2) is 0 Å². The SMILES string of the molecule is CC(C)(C)NCc1cn(CCN2C(=O)CCC2=O)nn1. The van der Waals surface area contributed by atoms with Gasteiger partial charge in [-0.1, -0.05) is 5.21 Å². The summed E-state index contributed by atoms with van der Waals surface area (Å²) in [5.74, 6) is -0.186. The standard InChI is InChI=1S/C13H21N5O2/c1-13(2,3)14-8-10-9-17(16-15-10)6-7-18-11(19)4-5-12(18)20/h9,14H,4-8H2,1-3H3. The molecule has 0 atom stereocenters. The molecule has 20 heavy (non-hydrogen) atoms. The minimum Gasteiger partial charge on any atom is -0.306 e. The van der Waals surface area contributed by atoms with E-state index in [4.69, 9.17) is 0 Å². The van der Waals surface area contributed by atoms with Gasteiger partial charge in [-0.15, -0.1) is 5.10 Å². The van der Waals surface area contributed by atoms with E-state index in [0.29, 0.717) is 32.5 Å². The van der Waals surface area contributed by atoms with E-state index in [1.165, 1.54) is 4.90 Å². The van der Waals surface area contributed by atoms with E-state index in [2.05, 4.69) is 36.4 Å². The summed E-state index contributed by atoms with van der Waals surface area (Å²) in [7, 11) is 0. The van der Waals surface area contributed by atoms with E-state index in [0.717, 1.165) is 5.69 Å².